The van der Waals surface area contributed by atoms with Crippen LogP contribution in [-0.2, 0) is 11.2 Å². The molecule has 0 amide bonds. The Labute approximate surface area is 129 Å². The minimum atomic E-state index is 0.362. The van der Waals surface area contributed by atoms with Gasteiger partial charge in [-0.25, -0.2) is 4.98 Å². The fourth-order valence-electron chi connectivity index (χ4n) is 2.84. The number of nitrogen functional groups attached to an aromatic ring is 1. The Morgan fingerprint density at radius 2 is 2.14 bits per heavy atom. The second-order valence-corrected chi connectivity index (χ2v) is 6.74. The summed E-state index contributed by atoms with van der Waals surface area (Å²) in [5.41, 5.74) is 5.88. The van der Waals surface area contributed by atoms with Gasteiger partial charge in [-0.2, -0.15) is 4.98 Å². The average Bonchev–Trinajstić information content (AvgIpc) is 2.90. The van der Waals surface area contributed by atoms with Crippen molar-refractivity contribution in [3.8, 4) is 0 Å². The lowest BCUT2D eigenvalue weighted by atomic mass is 10.00. The molecule has 2 aromatic rings. The molecule has 0 saturated carbocycles. The van der Waals surface area contributed by atoms with Crippen molar-refractivity contribution in [1.82, 2.24) is 9.97 Å². The average molecular weight is 306 g/mol. The third-order valence-electron chi connectivity index (χ3n) is 4.02. The van der Waals surface area contributed by atoms with Gasteiger partial charge in [0, 0.05) is 31.7 Å². The highest BCUT2D eigenvalue weighted by Crippen LogP contribution is 2.32. The van der Waals surface area contributed by atoms with Gasteiger partial charge in [0.2, 0.25) is 5.95 Å². The number of hydrogen-bond donors (Lipinski definition) is 1. The van der Waals surface area contributed by atoms with Crippen LogP contribution in [0.25, 0.3) is 10.2 Å². The summed E-state index contributed by atoms with van der Waals surface area (Å²) in [6, 6.07) is 2.20. The molecule has 0 aliphatic carbocycles. The fraction of sp³-hybridized carbons (Fsp3) is 0.600. The number of hydrogen-bond acceptors (Lipinski definition) is 6. The molecule has 1 aliphatic heterocycles. The summed E-state index contributed by atoms with van der Waals surface area (Å²) in [5, 5.41) is 1.13. The third kappa shape index (κ3) is 3.11. The predicted molar refractivity (Wildman–Crippen MR) is 88.0 cm³/mol. The topological polar surface area (TPSA) is 64.3 Å². The Balaban J connectivity index is 1.88. The maximum Gasteiger partial charge on any atom is 0.223 e. The molecule has 1 saturated heterocycles. The summed E-state index contributed by atoms with van der Waals surface area (Å²) in [6.07, 6.45) is 3.26. The van der Waals surface area contributed by atoms with Crippen LogP contribution in [0, 0.1) is 5.92 Å². The lowest BCUT2D eigenvalue weighted by Gasteiger charge is -2.28. The first kappa shape index (κ1) is 14.5. The van der Waals surface area contributed by atoms with E-state index in [9.17, 15) is 0 Å². The molecule has 1 fully saturated rings. The molecule has 0 spiro atoms. The smallest absolute Gasteiger partial charge is 0.223 e. The summed E-state index contributed by atoms with van der Waals surface area (Å²) in [6.45, 7) is 4.90. The van der Waals surface area contributed by atoms with Gasteiger partial charge in [0.25, 0.3) is 0 Å². The van der Waals surface area contributed by atoms with E-state index in [1.807, 2.05) is 0 Å². The van der Waals surface area contributed by atoms with Crippen molar-refractivity contribution in [2.45, 2.75) is 26.2 Å². The lowest BCUT2D eigenvalue weighted by Crippen LogP contribution is -2.30. The minimum Gasteiger partial charge on any atom is -0.381 e. The van der Waals surface area contributed by atoms with E-state index in [0.717, 1.165) is 55.1 Å². The first-order chi connectivity index (χ1) is 10.2. The van der Waals surface area contributed by atoms with E-state index in [0.29, 0.717) is 11.9 Å². The number of nitrogens with two attached hydrogens (primary N) is 1. The van der Waals surface area contributed by atoms with Gasteiger partial charge in [-0.05, 0) is 31.2 Å². The molecule has 3 heterocycles. The molecular weight excluding hydrogens is 284 g/mol. The number of aryl methyl sites for hydroxylation is 1. The molecule has 6 heteroatoms. The van der Waals surface area contributed by atoms with Gasteiger partial charge in [-0.15, -0.1) is 11.3 Å². The molecule has 0 bridgehead atoms. The van der Waals surface area contributed by atoms with Gasteiger partial charge >= 0.3 is 0 Å². The van der Waals surface area contributed by atoms with Gasteiger partial charge in [0.1, 0.15) is 10.6 Å². The number of anilines is 2. The second-order valence-electron chi connectivity index (χ2n) is 5.63. The van der Waals surface area contributed by atoms with Crippen molar-refractivity contribution in [3.05, 3.63) is 10.9 Å². The second kappa shape index (κ2) is 6.15. The molecule has 114 valence electrons. The number of nitrogens with zero attached hydrogens (tertiary/aromatic N) is 3. The number of fused-ring (bicyclic) bond motifs is 1. The third-order valence-corrected chi connectivity index (χ3v) is 5.20. The van der Waals surface area contributed by atoms with Crippen LogP contribution in [0.5, 0.6) is 0 Å². The molecule has 0 radical (unpaired) electrons. The van der Waals surface area contributed by atoms with Crippen LogP contribution in [0.4, 0.5) is 11.8 Å². The molecule has 3 rings (SSSR count). The molecule has 1 aliphatic rings. The molecule has 0 unspecified atom stereocenters. The molecule has 0 atom stereocenters. The fourth-order valence-corrected chi connectivity index (χ4v) is 3.81. The van der Waals surface area contributed by atoms with Crippen molar-refractivity contribution < 1.29 is 4.74 Å². The zero-order valence-corrected chi connectivity index (χ0v) is 13.4. The van der Waals surface area contributed by atoms with Crippen molar-refractivity contribution in [3.63, 3.8) is 0 Å². The van der Waals surface area contributed by atoms with E-state index in [1.165, 1.54) is 4.88 Å². The van der Waals surface area contributed by atoms with Gasteiger partial charge in [-0.1, -0.05) is 6.92 Å². The van der Waals surface area contributed by atoms with Gasteiger partial charge in [-0.3, -0.25) is 0 Å². The number of thiophene rings is 1. The molecule has 5 nitrogen and oxygen atoms in total. The maximum absolute atomic E-state index is 5.88. The summed E-state index contributed by atoms with van der Waals surface area (Å²) >= 11 is 1.71. The minimum absolute atomic E-state index is 0.362. The van der Waals surface area contributed by atoms with E-state index in [-0.39, 0.29) is 0 Å². The molecule has 0 aromatic carbocycles. The number of rotatable bonds is 4. The first-order valence-electron chi connectivity index (χ1n) is 7.52. The van der Waals surface area contributed by atoms with Crippen molar-refractivity contribution >= 4 is 33.3 Å². The lowest BCUT2D eigenvalue weighted by molar-refractivity contribution is 0.0685. The Bertz CT molecular complexity index is 621. The van der Waals surface area contributed by atoms with Crippen LogP contribution in [0.1, 0.15) is 24.6 Å². The van der Waals surface area contributed by atoms with E-state index in [1.54, 1.807) is 11.3 Å². The zero-order valence-electron chi connectivity index (χ0n) is 12.6. The van der Waals surface area contributed by atoms with Gasteiger partial charge in [0.05, 0.1) is 5.39 Å². The van der Waals surface area contributed by atoms with E-state index in [4.69, 9.17) is 10.5 Å². The van der Waals surface area contributed by atoms with Crippen LogP contribution in [0.2, 0.25) is 0 Å². The zero-order chi connectivity index (χ0) is 14.8. The van der Waals surface area contributed by atoms with E-state index < -0.39 is 0 Å². The largest absolute Gasteiger partial charge is 0.381 e. The number of ether oxygens (including phenoxy) is 1. The SMILES string of the molecule is CCc1cc2c(N(C)CC3CCOCC3)nc(N)nc2s1. The summed E-state index contributed by atoms with van der Waals surface area (Å²) in [7, 11) is 2.10. The first-order valence-corrected chi connectivity index (χ1v) is 8.34. The van der Waals surface area contributed by atoms with Crippen LogP contribution >= 0.6 is 11.3 Å². The van der Waals surface area contributed by atoms with E-state index >= 15 is 0 Å². The quantitative estimate of drug-likeness (QED) is 0.941. The molecule has 21 heavy (non-hydrogen) atoms. The van der Waals surface area contributed by atoms with E-state index in [2.05, 4.69) is 34.9 Å². The standard InChI is InChI=1S/C15H22N4OS/c1-3-11-8-12-13(17-15(16)18-14(12)21-11)19(2)9-10-4-6-20-7-5-10/h8,10H,3-7,9H2,1-2H3,(H2,16,17,18). The van der Waals surface area contributed by atoms with Crippen LogP contribution < -0.4 is 10.6 Å². The molecular formula is C15H22N4OS. The van der Waals surface area contributed by atoms with Crippen LogP contribution in [0.3, 0.4) is 0 Å². The van der Waals surface area contributed by atoms with Crippen LogP contribution in [-0.4, -0.2) is 36.8 Å². The highest BCUT2D eigenvalue weighted by molar-refractivity contribution is 7.18. The highest BCUT2D eigenvalue weighted by atomic mass is 32.1. The Kier molecular flexibility index (Phi) is 4.26. The Hall–Kier alpha value is -1.40. The maximum atomic E-state index is 5.88. The van der Waals surface area contributed by atoms with Crippen molar-refractivity contribution in [2.75, 3.05) is 37.4 Å². The van der Waals surface area contributed by atoms with Crippen LogP contribution in [0.15, 0.2) is 6.07 Å². The monoisotopic (exact) mass is 306 g/mol. The van der Waals surface area contributed by atoms with Gasteiger partial charge < -0.3 is 15.4 Å². The number of aromatic nitrogens is 2. The van der Waals surface area contributed by atoms with Crippen molar-refractivity contribution in [1.29, 1.82) is 0 Å². The predicted octanol–water partition coefficient (Wildman–Crippen LogP) is 2.70. The Morgan fingerprint density at radius 3 is 2.86 bits per heavy atom. The van der Waals surface area contributed by atoms with Crippen molar-refractivity contribution in [2.24, 2.45) is 5.92 Å². The molecule has 2 aromatic heterocycles. The highest BCUT2D eigenvalue weighted by Gasteiger charge is 2.19. The normalized spacial score (nSPS) is 16.5. The molecule has 2 N–H and O–H groups in total. The summed E-state index contributed by atoms with van der Waals surface area (Å²) in [5.74, 6) is 1.99. The summed E-state index contributed by atoms with van der Waals surface area (Å²) in [4.78, 5) is 13.4. The Morgan fingerprint density at radius 1 is 1.38 bits per heavy atom. The van der Waals surface area contributed by atoms with Gasteiger partial charge in [0.15, 0.2) is 0 Å². The summed E-state index contributed by atoms with van der Waals surface area (Å²) < 4.78 is 5.43.